The van der Waals surface area contributed by atoms with Crippen molar-refractivity contribution in [3.63, 3.8) is 0 Å². The lowest BCUT2D eigenvalue weighted by Crippen LogP contribution is -2.39. The second-order valence-corrected chi connectivity index (χ2v) is 10.5. The number of carboxylic acid groups (broad SMARTS) is 1. The maximum absolute atomic E-state index is 13.7. The summed E-state index contributed by atoms with van der Waals surface area (Å²) in [6.45, 7) is -3.44. The van der Waals surface area contributed by atoms with Crippen molar-refractivity contribution in [2.75, 3.05) is 26.2 Å². The van der Waals surface area contributed by atoms with Crippen molar-refractivity contribution in [1.29, 1.82) is 0 Å². The maximum atomic E-state index is 13.7. The molecule has 2 aromatic rings. The second kappa shape index (κ2) is 8.99. The SMILES string of the molecule is N[C@H](c1cn2ncc([C@H]3CN(C(=O)O)C[C@H]3C(=O)N3CC(F)(F)C(F)(F)C3)cc2n1)C1CCC(F)(F)CC1. The van der Waals surface area contributed by atoms with Crippen LogP contribution in [0, 0.1) is 11.8 Å². The molecule has 4 heterocycles. The van der Waals surface area contributed by atoms with Crippen LogP contribution in [-0.2, 0) is 4.79 Å². The molecule has 3 fully saturated rings. The molecule has 3 N–H and O–H groups in total. The molecular weight excluding hydrogens is 522 g/mol. The quantitative estimate of drug-likeness (QED) is 0.566. The van der Waals surface area contributed by atoms with Gasteiger partial charge in [0, 0.05) is 31.8 Å². The predicted octanol–water partition coefficient (Wildman–Crippen LogP) is 3.36. The molecule has 2 aromatic heterocycles. The molecule has 0 unspecified atom stereocenters. The zero-order chi connectivity index (χ0) is 27.6. The van der Waals surface area contributed by atoms with Crippen LogP contribution in [0.3, 0.4) is 0 Å². The molecule has 0 radical (unpaired) electrons. The zero-order valence-corrected chi connectivity index (χ0v) is 20.0. The van der Waals surface area contributed by atoms with Gasteiger partial charge in [-0.3, -0.25) is 4.79 Å². The van der Waals surface area contributed by atoms with E-state index in [4.69, 9.17) is 5.73 Å². The number of nitrogens with two attached hydrogens (primary N) is 1. The van der Waals surface area contributed by atoms with Gasteiger partial charge in [-0.15, -0.1) is 0 Å². The number of imidazole rings is 1. The number of halogens is 6. The average molecular weight is 548 g/mol. The number of hydrogen-bond donors (Lipinski definition) is 2. The predicted molar refractivity (Wildman–Crippen MR) is 119 cm³/mol. The van der Waals surface area contributed by atoms with Gasteiger partial charge >= 0.3 is 17.9 Å². The first kappa shape index (κ1) is 26.5. The molecular formula is C23H26F6N6O3. The molecule has 15 heteroatoms. The van der Waals surface area contributed by atoms with Gasteiger partial charge in [0.25, 0.3) is 0 Å². The van der Waals surface area contributed by atoms with Crippen molar-refractivity contribution in [3.8, 4) is 0 Å². The van der Waals surface area contributed by atoms with E-state index in [1.807, 2.05) is 0 Å². The topological polar surface area (TPSA) is 117 Å². The van der Waals surface area contributed by atoms with E-state index in [-0.39, 0.29) is 44.7 Å². The lowest BCUT2D eigenvalue weighted by Gasteiger charge is -2.31. The van der Waals surface area contributed by atoms with Crippen molar-refractivity contribution >= 4 is 17.6 Å². The minimum atomic E-state index is -4.39. The first-order valence-corrected chi connectivity index (χ1v) is 12.2. The van der Waals surface area contributed by atoms with E-state index >= 15 is 0 Å². The van der Waals surface area contributed by atoms with Crippen LogP contribution in [0.25, 0.3) is 5.65 Å². The Morgan fingerprint density at radius 1 is 1.03 bits per heavy atom. The average Bonchev–Trinajstić information content (AvgIpc) is 3.51. The van der Waals surface area contributed by atoms with Gasteiger partial charge in [0.05, 0.1) is 43.1 Å². The van der Waals surface area contributed by atoms with Crippen molar-refractivity contribution in [3.05, 3.63) is 29.7 Å². The van der Waals surface area contributed by atoms with Gasteiger partial charge in [-0.05, 0) is 30.4 Å². The molecule has 3 aliphatic rings. The number of likely N-dealkylation sites (tertiary alicyclic amines) is 2. The first-order chi connectivity index (χ1) is 17.7. The van der Waals surface area contributed by atoms with E-state index in [1.165, 1.54) is 10.7 Å². The Balaban J connectivity index is 1.39. The van der Waals surface area contributed by atoms with E-state index in [0.29, 0.717) is 21.8 Å². The Hall–Kier alpha value is -3.10. The summed E-state index contributed by atoms with van der Waals surface area (Å²) in [7, 11) is 0. The summed E-state index contributed by atoms with van der Waals surface area (Å²) in [6, 6.07) is 0.930. The summed E-state index contributed by atoms with van der Waals surface area (Å²) < 4.78 is 83.4. The van der Waals surface area contributed by atoms with E-state index in [2.05, 4.69) is 10.1 Å². The zero-order valence-electron chi connectivity index (χ0n) is 20.0. The molecule has 9 nitrogen and oxygen atoms in total. The molecule has 1 saturated carbocycles. The largest absolute Gasteiger partial charge is 0.465 e. The molecule has 2 aliphatic heterocycles. The molecule has 3 atom stereocenters. The van der Waals surface area contributed by atoms with Crippen LogP contribution < -0.4 is 5.73 Å². The highest BCUT2D eigenvalue weighted by atomic mass is 19.3. The molecule has 208 valence electrons. The van der Waals surface area contributed by atoms with Crippen LogP contribution in [0.15, 0.2) is 18.5 Å². The van der Waals surface area contributed by atoms with E-state index in [1.54, 1.807) is 12.3 Å². The highest BCUT2D eigenvalue weighted by molar-refractivity contribution is 5.82. The fourth-order valence-corrected chi connectivity index (χ4v) is 5.64. The normalized spacial score (nSPS) is 27.7. The Kier molecular flexibility index (Phi) is 6.27. The number of amides is 2. The van der Waals surface area contributed by atoms with Gasteiger partial charge in [-0.25, -0.2) is 23.1 Å². The number of fused-ring (bicyclic) bond motifs is 1. The molecule has 5 rings (SSSR count). The van der Waals surface area contributed by atoms with Crippen molar-refractivity contribution in [2.45, 2.75) is 55.4 Å². The Labute approximate surface area is 212 Å². The Morgan fingerprint density at radius 2 is 1.66 bits per heavy atom. The number of aromatic nitrogens is 3. The number of hydrogen-bond acceptors (Lipinski definition) is 5. The fourth-order valence-electron chi connectivity index (χ4n) is 5.64. The monoisotopic (exact) mass is 548 g/mol. The number of carbonyl (C=O) groups is 2. The van der Waals surface area contributed by atoms with Crippen LogP contribution in [-0.4, -0.2) is 85.5 Å². The molecule has 0 spiro atoms. The summed E-state index contributed by atoms with van der Waals surface area (Å²) in [5, 5.41) is 13.7. The number of rotatable bonds is 4. The fraction of sp³-hybridized carbons (Fsp3) is 0.652. The van der Waals surface area contributed by atoms with Crippen LogP contribution in [0.4, 0.5) is 31.1 Å². The van der Waals surface area contributed by atoms with Crippen LogP contribution in [0.2, 0.25) is 0 Å². The van der Waals surface area contributed by atoms with Crippen LogP contribution >= 0.6 is 0 Å². The first-order valence-electron chi connectivity index (χ1n) is 12.2. The standard InChI is InChI=1S/C23H26F6N6O3/c24-21(25)3-1-12(2-4-21)18(30)16-9-35-17(32-16)5-13(6-31-35)14-7-33(20(37)38)8-15(14)19(36)34-10-22(26,27)23(28,29)11-34/h5-6,9,12,14-15,18H,1-4,7-8,10-11,30H2,(H,37,38)/t14-,15-,18+/m1/s1. The third-order valence-corrected chi connectivity index (χ3v) is 7.93. The molecule has 0 bridgehead atoms. The molecule has 2 amide bonds. The molecule has 1 aliphatic carbocycles. The molecule has 0 aromatic carbocycles. The lowest BCUT2D eigenvalue weighted by atomic mass is 9.81. The third kappa shape index (κ3) is 4.64. The van der Waals surface area contributed by atoms with E-state index in [0.717, 1.165) is 4.90 Å². The van der Waals surface area contributed by atoms with Crippen molar-refractivity contribution in [2.24, 2.45) is 17.6 Å². The summed E-state index contributed by atoms with van der Waals surface area (Å²) >= 11 is 0. The van der Waals surface area contributed by atoms with Crippen molar-refractivity contribution < 1.29 is 41.0 Å². The van der Waals surface area contributed by atoms with Gasteiger partial charge in [0.15, 0.2) is 5.65 Å². The van der Waals surface area contributed by atoms with Gasteiger partial charge in [-0.1, -0.05) is 0 Å². The highest BCUT2D eigenvalue weighted by Crippen LogP contribution is 2.44. The molecule has 38 heavy (non-hydrogen) atoms. The van der Waals surface area contributed by atoms with Crippen LogP contribution in [0.1, 0.15) is 48.9 Å². The van der Waals surface area contributed by atoms with E-state index < -0.39 is 60.7 Å². The van der Waals surface area contributed by atoms with Gasteiger partial charge in [0.2, 0.25) is 11.8 Å². The van der Waals surface area contributed by atoms with Gasteiger partial charge in [0.1, 0.15) is 0 Å². The number of carbonyl (C=O) groups excluding carboxylic acids is 1. The second-order valence-electron chi connectivity index (χ2n) is 10.5. The van der Waals surface area contributed by atoms with Gasteiger partial charge < -0.3 is 20.6 Å². The minimum Gasteiger partial charge on any atom is -0.465 e. The summed E-state index contributed by atoms with van der Waals surface area (Å²) in [5.74, 6) is -14.7. The maximum Gasteiger partial charge on any atom is 0.407 e. The summed E-state index contributed by atoms with van der Waals surface area (Å²) in [5.41, 5.74) is 7.42. The summed E-state index contributed by atoms with van der Waals surface area (Å²) in [6.07, 6.45) is 1.56. The Bertz CT molecular complexity index is 1230. The number of alkyl halides is 6. The molecule has 2 saturated heterocycles. The minimum absolute atomic E-state index is 0.173. The van der Waals surface area contributed by atoms with E-state index in [9.17, 15) is 41.0 Å². The lowest BCUT2D eigenvalue weighted by molar-refractivity contribution is -0.172. The summed E-state index contributed by atoms with van der Waals surface area (Å²) in [4.78, 5) is 30.5. The van der Waals surface area contributed by atoms with Crippen LogP contribution in [0.5, 0.6) is 0 Å². The van der Waals surface area contributed by atoms with Gasteiger partial charge in [-0.2, -0.15) is 22.7 Å². The smallest absolute Gasteiger partial charge is 0.407 e. The number of nitrogens with zero attached hydrogens (tertiary/aromatic N) is 5. The third-order valence-electron chi connectivity index (χ3n) is 7.93. The highest BCUT2D eigenvalue weighted by Gasteiger charge is 2.64. The van der Waals surface area contributed by atoms with Crippen molar-refractivity contribution in [1.82, 2.24) is 24.4 Å². The Morgan fingerprint density at radius 3 is 2.26 bits per heavy atom.